The van der Waals surface area contributed by atoms with E-state index in [1.807, 2.05) is 11.8 Å². The van der Waals surface area contributed by atoms with Gasteiger partial charge in [0.2, 0.25) is 5.91 Å². The Kier molecular flexibility index (Phi) is 6.56. The zero-order chi connectivity index (χ0) is 21.0. The average molecular weight is 398 g/mol. The molecule has 29 heavy (non-hydrogen) atoms. The number of hydrogen-bond donors (Lipinski definition) is 1. The van der Waals surface area contributed by atoms with Crippen LogP contribution in [0.4, 0.5) is 5.82 Å². The standard InChI is InChI=1S/C22H31N5O2/c1-16(14-23)13-17(2)18(3)25-9-11-26(12-10-25)22(29)19-6-7-20(24-15-19)27-8-4-5-21(27)28/h6-7,14-15,17H,3-5,8-13,23H2,1-2H3/b16-14-. The number of piperazine rings is 1. The number of allylic oxidation sites excluding steroid dienone is 2. The highest BCUT2D eigenvalue weighted by atomic mass is 16.2. The Balaban J connectivity index is 1.54. The maximum Gasteiger partial charge on any atom is 0.255 e. The Morgan fingerprint density at radius 1 is 1.24 bits per heavy atom. The molecule has 0 radical (unpaired) electrons. The van der Waals surface area contributed by atoms with Gasteiger partial charge in [-0.2, -0.15) is 0 Å². The fraction of sp³-hybridized carbons (Fsp3) is 0.500. The third-order valence-electron chi connectivity index (χ3n) is 5.80. The second kappa shape index (κ2) is 9.11. The lowest BCUT2D eigenvalue weighted by Gasteiger charge is -2.38. The van der Waals surface area contributed by atoms with E-state index in [0.29, 0.717) is 43.4 Å². The van der Waals surface area contributed by atoms with Crippen LogP contribution in [0.25, 0.3) is 0 Å². The molecule has 0 spiro atoms. The first kappa shape index (κ1) is 20.9. The highest BCUT2D eigenvalue weighted by molar-refractivity contribution is 5.96. The van der Waals surface area contributed by atoms with E-state index in [1.165, 1.54) is 0 Å². The van der Waals surface area contributed by atoms with Crippen molar-refractivity contribution in [1.29, 1.82) is 0 Å². The maximum absolute atomic E-state index is 12.8. The fourth-order valence-electron chi connectivity index (χ4n) is 3.92. The summed E-state index contributed by atoms with van der Waals surface area (Å²) in [5, 5.41) is 0. The van der Waals surface area contributed by atoms with Crippen molar-refractivity contribution in [3.8, 4) is 0 Å². The van der Waals surface area contributed by atoms with Crippen molar-refractivity contribution >= 4 is 17.6 Å². The lowest BCUT2D eigenvalue weighted by molar-refractivity contribution is -0.117. The van der Waals surface area contributed by atoms with Gasteiger partial charge in [0.1, 0.15) is 5.82 Å². The third-order valence-corrected chi connectivity index (χ3v) is 5.80. The number of nitrogens with two attached hydrogens (primary N) is 1. The van der Waals surface area contributed by atoms with E-state index >= 15 is 0 Å². The van der Waals surface area contributed by atoms with Gasteiger partial charge in [-0.15, -0.1) is 0 Å². The van der Waals surface area contributed by atoms with E-state index in [-0.39, 0.29) is 11.8 Å². The van der Waals surface area contributed by atoms with E-state index in [1.54, 1.807) is 29.4 Å². The van der Waals surface area contributed by atoms with Gasteiger partial charge >= 0.3 is 0 Å². The molecular formula is C22H31N5O2. The van der Waals surface area contributed by atoms with Crippen LogP contribution >= 0.6 is 0 Å². The maximum atomic E-state index is 12.8. The molecule has 0 saturated carbocycles. The molecule has 1 atom stereocenters. The Hall–Kier alpha value is -2.83. The van der Waals surface area contributed by atoms with Crippen molar-refractivity contribution < 1.29 is 9.59 Å². The Labute approximate surface area is 172 Å². The topological polar surface area (TPSA) is 82.8 Å². The lowest BCUT2D eigenvalue weighted by atomic mass is 9.98. The molecule has 1 aromatic heterocycles. The molecule has 2 amide bonds. The lowest BCUT2D eigenvalue weighted by Crippen LogP contribution is -2.48. The third kappa shape index (κ3) is 4.78. The zero-order valence-corrected chi connectivity index (χ0v) is 17.4. The minimum Gasteiger partial charge on any atom is -0.405 e. The molecule has 2 aliphatic heterocycles. The average Bonchev–Trinajstić information content (AvgIpc) is 3.18. The monoisotopic (exact) mass is 397 g/mol. The number of carbonyl (C=O) groups is 2. The summed E-state index contributed by atoms with van der Waals surface area (Å²) in [6.07, 6.45) is 5.56. The summed E-state index contributed by atoms with van der Waals surface area (Å²) >= 11 is 0. The van der Waals surface area contributed by atoms with Crippen LogP contribution in [0.3, 0.4) is 0 Å². The Morgan fingerprint density at radius 2 is 1.93 bits per heavy atom. The van der Waals surface area contributed by atoms with Crippen molar-refractivity contribution in [2.75, 3.05) is 37.6 Å². The summed E-state index contributed by atoms with van der Waals surface area (Å²) in [7, 11) is 0. The van der Waals surface area contributed by atoms with Gasteiger partial charge in [0, 0.05) is 51.0 Å². The van der Waals surface area contributed by atoms with Gasteiger partial charge in [-0.3, -0.25) is 14.5 Å². The minimum atomic E-state index is -0.0166. The zero-order valence-electron chi connectivity index (χ0n) is 17.4. The summed E-state index contributed by atoms with van der Waals surface area (Å²) in [5.74, 6) is 1.03. The van der Waals surface area contributed by atoms with Crippen molar-refractivity contribution in [2.24, 2.45) is 11.7 Å². The summed E-state index contributed by atoms with van der Waals surface area (Å²) in [4.78, 5) is 34.8. The van der Waals surface area contributed by atoms with Crippen molar-refractivity contribution in [2.45, 2.75) is 33.1 Å². The molecule has 2 aliphatic rings. The Morgan fingerprint density at radius 3 is 2.48 bits per heavy atom. The van der Waals surface area contributed by atoms with Crippen LogP contribution in [-0.4, -0.2) is 59.3 Å². The SMILES string of the molecule is C=C(C(C)C/C(C)=C\N)N1CCN(C(=O)c2ccc(N3CCCC3=O)nc2)CC1. The second-order valence-electron chi connectivity index (χ2n) is 7.94. The predicted octanol–water partition coefficient (Wildman–Crippen LogP) is 2.37. The van der Waals surface area contributed by atoms with E-state index in [0.717, 1.165) is 37.2 Å². The molecule has 2 fully saturated rings. The molecule has 2 N–H and O–H groups in total. The number of hydrogen-bond acceptors (Lipinski definition) is 5. The second-order valence-corrected chi connectivity index (χ2v) is 7.94. The molecule has 2 saturated heterocycles. The number of amides is 2. The molecule has 0 bridgehead atoms. The molecule has 0 aromatic carbocycles. The molecular weight excluding hydrogens is 366 g/mol. The Bertz CT molecular complexity index is 794. The summed E-state index contributed by atoms with van der Waals surface area (Å²) < 4.78 is 0. The molecule has 7 nitrogen and oxygen atoms in total. The van der Waals surface area contributed by atoms with Crippen LogP contribution in [0.1, 0.15) is 43.5 Å². The number of pyridine rings is 1. The molecule has 3 heterocycles. The first-order valence-corrected chi connectivity index (χ1v) is 10.3. The number of anilines is 1. The first-order valence-electron chi connectivity index (χ1n) is 10.3. The van der Waals surface area contributed by atoms with Gasteiger partial charge in [-0.25, -0.2) is 4.98 Å². The number of aromatic nitrogens is 1. The molecule has 3 rings (SSSR count). The quantitative estimate of drug-likeness (QED) is 0.797. The van der Waals surface area contributed by atoms with Gasteiger partial charge in [-0.05, 0) is 44.0 Å². The highest BCUT2D eigenvalue weighted by Gasteiger charge is 2.26. The van der Waals surface area contributed by atoms with Gasteiger partial charge in [-0.1, -0.05) is 19.1 Å². The summed E-state index contributed by atoms with van der Waals surface area (Å²) in [6.45, 7) is 12.0. The smallest absolute Gasteiger partial charge is 0.255 e. The number of nitrogens with zero attached hydrogens (tertiary/aromatic N) is 4. The van der Waals surface area contributed by atoms with Crippen LogP contribution in [0.15, 0.2) is 42.4 Å². The first-order chi connectivity index (χ1) is 13.9. The van der Waals surface area contributed by atoms with Crippen molar-refractivity contribution in [3.63, 3.8) is 0 Å². The van der Waals surface area contributed by atoms with Gasteiger partial charge in [0.05, 0.1) is 5.56 Å². The van der Waals surface area contributed by atoms with Gasteiger partial charge in [0.25, 0.3) is 5.91 Å². The van der Waals surface area contributed by atoms with E-state index in [9.17, 15) is 9.59 Å². The number of carbonyl (C=O) groups excluding carboxylic acids is 2. The van der Waals surface area contributed by atoms with Crippen LogP contribution in [0.5, 0.6) is 0 Å². The molecule has 1 unspecified atom stereocenters. The molecule has 156 valence electrons. The molecule has 7 heteroatoms. The summed E-state index contributed by atoms with van der Waals surface area (Å²) in [6, 6.07) is 3.54. The van der Waals surface area contributed by atoms with E-state index in [4.69, 9.17) is 5.73 Å². The van der Waals surface area contributed by atoms with Gasteiger partial charge in [0.15, 0.2) is 0 Å². The molecule has 0 aliphatic carbocycles. The predicted molar refractivity (Wildman–Crippen MR) is 114 cm³/mol. The van der Waals surface area contributed by atoms with Gasteiger partial charge < -0.3 is 15.5 Å². The number of rotatable bonds is 6. The van der Waals surface area contributed by atoms with E-state index < -0.39 is 0 Å². The summed E-state index contributed by atoms with van der Waals surface area (Å²) in [5.41, 5.74) is 8.39. The normalized spacial score (nSPS) is 18.9. The van der Waals surface area contributed by atoms with Crippen LogP contribution in [0.2, 0.25) is 0 Å². The fourth-order valence-corrected chi connectivity index (χ4v) is 3.92. The van der Waals surface area contributed by atoms with Crippen LogP contribution in [-0.2, 0) is 4.79 Å². The van der Waals surface area contributed by atoms with Crippen LogP contribution < -0.4 is 10.6 Å². The van der Waals surface area contributed by atoms with Crippen molar-refractivity contribution in [3.05, 3.63) is 47.9 Å². The molecule has 1 aromatic rings. The van der Waals surface area contributed by atoms with E-state index in [2.05, 4.69) is 23.4 Å². The largest absolute Gasteiger partial charge is 0.405 e. The highest BCUT2D eigenvalue weighted by Crippen LogP contribution is 2.23. The van der Waals surface area contributed by atoms with Crippen LogP contribution in [0, 0.1) is 5.92 Å². The minimum absolute atomic E-state index is 0.0166. The van der Waals surface area contributed by atoms with Crippen molar-refractivity contribution in [1.82, 2.24) is 14.8 Å².